The largest absolute Gasteiger partial charge is 0.552 e. The molecule has 2 aliphatic heterocycles. The molecule has 2 aliphatic rings. The lowest BCUT2D eigenvalue weighted by molar-refractivity contribution is 0.157. The van der Waals surface area contributed by atoms with E-state index in [4.69, 9.17) is 4.65 Å². The second kappa shape index (κ2) is 6.68. The maximum absolute atomic E-state index is 12.3. The number of hydrogen-bond donors (Lipinski definition) is 3. The molecule has 0 aromatic carbocycles. The lowest BCUT2D eigenvalue weighted by Gasteiger charge is -2.39. The summed E-state index contributed by atoms with van der Waals surface area (Å²) in [6.07, 6.45) is 4.43. The number of nitrogens with zero attached hydrogens (tertiary/aromatic N) is 2. The van der Waals surface area contributed by atoms with Crippen molar-refractivity contribution >= 4 is 29.8 Å². The third-order valence-electron chi connectivity index (χ3n) is 5.38. The second-order valence-electron chi connectivity index (χ2n) is 7.02. The predicted octanol–water partition coefficient (Wildman–Crippen LogP) is 2.05. The molecule has 2 aromatic heterocycles. The average Bonchev–Trinajstić information content (AvgIpc) is 3.10. The number of pyridine rings is 1. The Bertz CT molecular complexity index is 865. The Morgan fingerprint density at radius 3 is 3.23 bits per heavy atom. The minimum Gasteiger partial charge on any atom is -0.531 e. The number of piperidine rings is 1. The number of nitrogens with one attached hydrogen (secondary N) is 2. The Kier molecular flexibility index (Phi) is 4.36. The van der Waals surface area contributed by atoms with Crippen LogP contribution in [0, 0.1) is 11.8 Å². The molecular formula is C18H23BN4O3. The van der Waals surface area contributed by atoms with Crippen molar-refractivity contribution in [3.63, 3.8) is 0 Å². The highest BCUT2D eigenvalue weighted by atomic mass is 16.5. The highest BCUT2D eigenvalue weighted by Crippen LogP contribution is 2.43. The number of urea groups is 1. The van der Waals surface area contributed by atoms with Crippen LogP contribution in [0.25, 0.3) is 16.6 Å². The Hall–Kier alpha value is -2.48. The molecule has 2 unspecified atom stereocenters. The standard InChI is InChI=1S/C18H23BN4O3/c1-3-20-18(24)23-7-5-11(2)14(10-23)13-8-19(25)26-15-9-22-17-12(16(13)15)4-6-21-17/h4,6,8-9,11,14,25H,3,5,7,10H2,1-2H3,(H,20,24)(H,21,22). The number of amides is 2. The van der Waals surface area contributed by atoms with E-state index in [2.05, 4.69) is 22.2 Å². The van der Waals surface area contributed by atoms with E-state index in [0.29, 0.717) is 24.8 Å². The van der Waals surface area contributed by atoms with Crippen LogP contribution in [-0.2, 0) is 0 Å². The summed E-state index contributed by atoms with van der Waals surface area (Å²) in [4.78, 5) is 21.7. The number of likely N-dealkylation sites (tertiary alicyclic amines) is 1. The fraction of sp³-hybridized carbons (Fsp3) is 0.444. The first-order valence-electron chi connectivity index (χ1n) is 9.14. The van der Waals surface area contributed by atoms with Crippen LogP contribution in [0.5, 0.6) is 5.75 Å². The van der Waals surface area contributed by atoms with Crippen LogP contribution in [0.2, 0.25) is 0 Å². The minimum absolute atomic E-state index is 0.0284. The molecule has 0 radical (unpaired) electrons. The zero-order valence-corrected chi connectivity index (χ0v) is 15.0. The monoisotopic (exact) mass is 354 g/mol. The molecule has 0 bridgehead atoms. The van der Waals surface area contributed by atoms with Crippen molar-refractivity contribution in [3.8, 4) is 5.75 Å². The molecule has 4 rings (SSSR count). The number of aromatic amines is 1. The van der Waals surface area contributed by atoms with Gasteiger partial charge in [0.05, 0.1) is 6.20 Å². The van der Waals surface area contributed by atoms with Gasteiger partial charge in [0, 0.05) is 42.7 Å². The smallest absolute Gasteiger partial charge is 0.531 e. The van der Waals surface area contributed by atoms with Crippen molar-refractivity contribution in [2.75, 3.05) is 19.6 Å². The van der Waals surface area contributed by atoms with Gasteiger partial charge in [-0.25, -0.2) is 9.78 Å². The molecule has 8 heteroatoms. The van der Waals surface area contributed by atoms with E-state index in [1.54, 1.807) is 12.2 Å². The normalized spacial score (nSPS) is 22.7. The Labute approximate surface area is 152 Å². The summed E-state index contributed by atoms with van der Waals surface area (Å²) in [5.41, 5.74) is 2.79. The van der Waals surface area contributed by atoms with E-state index in [-0.39, 0.29) is 11.9 Å². The van der Waals surface area contributed by atoms with Gasteiger partial charge in [0.15, 0.2) is 0 Å². The molecule has 0 aliphatic carbocycles. The number of hydrogen-bond acceptors (Lipinski definition) is 4. The van der Waals surface area contributed by atoms with Crippen LogP contribution in [0.3, 0.4) is 0 Å². The van der Waals surface area contributed by atoms with Crippen molar-refractivity contribution < 1.29 is 14.5 Å². The zero-order valence-electron chi connectivity index (χ0n) is 15.0. The SMILES string of the molecule is CCNC(=O)N1CCC(C)C(C2=CB(O)Oc3cnc4[nH]ccc4c32)C1. The highest BCUT2D eigenvalue weighted by Gasteiger charge is 2.36. The molecular weight excluding hydrogens is 331 g/mol. The van der Waals surface area contributed by atoms with E-state index in [0.717, 1.165) is 35.1 Å². The molecule has 2 aromatic rings. The van der Waals surface area contributed by atoms with E-state index in [1.807, 2.05) is 24.1 Å². The summed E-state index contributed by atoms with van der Waals surface area (Å²) in [7, 11) is -0.997. The number of carbonyl (C=O) groups excluding carboxylic acids is 1. The molecule has 26 heavy (non-hydrogen) atoms. The van der Waals surface area contributed by atoms with Crippen LogP contribution in [-0.4, -0.2) is 52.7 Å². The lowest BCUT2D eigenvalue weighted by Crippen LogP contribution is -2.48. The second-order valence-corrected chi connectivity index (χ2v) is 7.02. The van der Waals surface area contributed by atoms with Crippen molar-refractivity contribution in [1.82, 2.24) is 20.2 Å². The number of fused-ring (bicyclic) bond motifs is 3. The molecule has 3 N–H and O–H groups in total. The molecule has 1 saturated heterocycles. The van der Waals surface area contributed by atoms with Crippen LogP contribution in [0.4, 0.5) is 4.79 Å². The third-order valence-corrected chi connectivity index (χ3v) is 5.38. The van der Waals surface area contributed by atoms with E-state index >= 15 is 0 Å². The van der Waals surface area contributed by atoms with Crippen molar-refractivity contribution in [3.05, 3.63) is 30.0 Å². The van der Waals surface area contributed by atoms with Gasteiger partial charge in [-0.1, -0.05) is 6.92 Å². The summed E-state index contributed by atoms with van der Waals surface area (Å²) >= 11 is 0. The molecule has 1 fully saturated rings. The van der Waals surface area contributed by atoms with Gasteiger partial charge in [-0.05, 0) is 36.9 Å². The maximum atomic E-state index is 12.3. The summed E-state index contributed by atoms with van der Waals surface area (Å²) in [6, 6.07) is 1.95. The fourth-order valence-electron chi connectivity index (χ4n) is 4.01. The van der Waals surface area contributed by atoms with Crippen molar-refractivity contribution in [2.45, 2.75) is 20.3 Å². The van der Waals surface area contributed by atoms with Gasteiger partial charge in [-0.15, -0.1) is 0 Å². The van der Waals surface area contributed by atoms with Gasteiger partial charge in [-0.3, -0.25) is 0 Å². The fourth-order valence-corrected chi connectivity index (χ4v) is 4.01. The van der Waals surface area contributed by atoms with Gasteiger partial charge in [-0.2, -0.15) is 0 Å². The summed E-state index contributed by atoms with van der Waals surface area (Å²) in [5, 5.41) is 14.1. The molecule has 4 heterocycles. The number of rotatable bonds is 2. The summed E-state index contributed by atoms with van der Waals surface area (Å²) < 4.78 is 5.59. The van der Waals surface area contributed by atoms with E-state index in [1.165, 1.54) is 0 Å². The minimum atomic E-state index is -0.997. The molecule has 2 amide bonds. The highest BCUT2D eigenvalue weighted by molar-refractivity contribution is 6.52. The first-order valence-corrected chi connectivity index (χ1v) is 9.14. The van der Waals surface area contributed by atoms with Crippen LogP contribution >= 0.6 is 0 Å². The van der Waals surface area contributed by atoms with Gasteiger partial charge < -0.3 is 24.9 Å². The van der Waals surface area contributed by atoms with E-state index < -0.39 is 7.12 Å². The zero-order chi connectivity index (χ0) is 18.3. The van der Waals surface area contributed by atoms with Crippen molar-refractivity contribution in [2.24, 2.45) is 11.8 Å². The van der Waals surface area contributed by atoms with Crippen LogP contribution in [0.1, 0.15) is 25.8 Å². The van der Waals surface area contributed by atoms with Gasteiger partial charge in [0.2, 0.25) is 0 Å². The maximum Gasteiger partial charge on any atom is 0.552 e. The summed E-state index contributed by atoms with van der Waals surface area (Å²) in [5.74, 6) is 2.89. The van der Waals surface area contributed by atoms with E-state index in [9.17, 15) is 9.82 Å². The predicted molar refractivity (Wildman–Crippen MR) is 101 cm³/mol. The van der Waals surface area contributed by atoms with Crippen LogP contribution < -0.4 is 9.97 Å². The number of H-pyrrole nitrogens is 1. The van der Waals surface area contributed by atoms with Crippen LogP contribution in [0.15, 0.2) is 24.4 Å². The number of aromatic nitrogens is 2. The molecule has 136 valence electrons. The number of carbonyl (C=O) groups is 1. The Morgan fingerprint density at radius 2 is 2.42 bits per heavy atom. The molecule has 7 nitrogen and oxygen atoms in total. The van der Waals surface area contributed by atoms with Crippen molar-refractivity contribution in [1.29, 1.82) is 0 Å². The molecule has 0 spiro atoms. The third kappa shape index (κ3) is 2.84. The quantitative estimate of drug-likeness (QED) is 0.720. The average molecular weight is 354 g/mol. The Morgan fingerprint density at radius 1 is 1.58 bits per heavy atom. The lowest BCUT2D eigenvalue weighted by atomic mass is 9.72. The van der Waals surface area contributed by atoms with Gasteiger partial charge >= 0.3 is 13.1 Å². The Balaban J connectivity index is 1.74. The summed E-state index contributed by atoms with van der Waals surface area (Å²) in [6.45, 7) is 6.11. The molecule has 2 atom stereocenters. The first-order chi connectivity index (χ1) is 12.6. The first kappa shape index (κ1) is 17.0. The van der Waals surface area contributed by atoms with Gasteiger partial charge in [0.1, 0.15) is 11.4 Å². The topological polar surface area (TPSA) is 90.5 Å². The molecule has 0 saturated carbocycles. The van der Waals surface area contributed by atoms with Gasteiger partial charge in [0.25, 0.3) is 0 Å².